The topological polar surface area (TPSA) is 110 Å². The first-order chi connectivity index (χ1) is 11.5. The number of rotatable bonds is 5. The number of hydrogen-bond acceptors (Lipinski definition) is 4. The standard InChI is InChI=1S/C17H27NO2.H3O4P/c1-18(2)13-16(17(19)11-5-4-6-12-17)14-7-9-15(20-3)10-8-14;1-5(2,3)4/h7-10,16,19H,4-6,11-13H2,1-3H3;(H3,1,2,3,4). The van der Waals surface area contributed by atoms with Crippen LogP contribution in [-0.2, 0) is 4.57 Å². The second kappa shape index (κ2) is 9.67. The molecule has 0 spiro atoms. The molecule has 144 valence electrons. The van der Waals surface area contributed by atoms with E-state index in [9.17, 15) is 5.11 Å². The highest BCUT2D eigenvalue weighted by Crippen LogP contribution is 2.40. The highest BCUT2D eigenvalue weighted by molar-refractivity contribution is 7.45. The van der Waals surface area contributed by atoms with Gasteiger partial charge in [0.2, 0.25) is 0 Å². The molecule has 1 aromatic rings. The summed E-state index contributed by atoms with van der Waals surface area (Å²) in [5.74, 6) is 1.04. The summed E-state index contributed by atoms with van der Waals surface area (Å²) in [5, 5.41) is 11.1. The molecular formula is C17H30NO6P. The predicted molar refractivity (Wildman–Crippen MR) is 96.6 cm³/mol. The van der Waals surface area contributed by atoms with Gasteiger partial charge >= 0.3 is 7.82 Å². The average Bonchev–Trinajstić information content (AvgIpc) is 2.52. The summed E-state index contributed by atoms with van der Waals surface area (Å²) in [6, 6.07) is 8.17. The molecule has 2 rings (SSSR count). The zero-order valence-corrected chi connectivity index (χ0v) is 16.0. The first-order valence-corrected chi connectivity index (χ1v) is 9.91. The minimum Gasteiger partial charge on any atom is -0.497 e. The number of ether oxygens (including phenoxy) is 1. The highest BCUT2D eigenvalue weighted by Gasteiger charge is 2.38. The normalized spacial score (nSPS) is 18.2. The van der Waals surface area contributed by atoms with Crippen LogP contribution in [0.1, 0.15) is 43.6 Å². The van der Waals surface area contributed by atoms with E-state index in [1.807, 2.05) is 12.1 Å². The lowest BCUT2D eigenvalue weighted by atomic mass is 9.72. The quantitative estimate of drug-likeness (QED) is 0.583. The summed E-state index contributed by atoms with van der Waals surface area (Å²) in [6.45, 7) is 0.878. The van der Waals surface area contributed by atoms with E-state index in [-0.39, 0.29) is 5.92 Å². The molecule has 1 aliphatic carbocycles. The van der Waals surface area contributed by atoms with Crippen molar-refractivity contribution < 1.29 is 29.1 Å². The molecule has 1 unspecified atom stereocenters. The van der Waals surface area contributed by atoms with E-state index in [1.54, 1.807) is 7.11 Å². The van der Waals surface area contributed by atoms with Crippen LogP contribution in [-0.4, -0.2) is 58.0 Å². The summed E-state index contributed by atoms with van der Waals surface area (Å²) in [6.07, 6.45) is 5.35. The van der Waals surface area contributed by atoms with Crippen molar-refractivity contribution in [3.05, 3.63) is 29.8 Å². The molecule has 0 radical (unpaired) electrons. The minimum absolute atomic E-state index is 0.170. The van der Waals surface area contributed by atoms with Crippen LogP contribution in [0.5, 0.6) is 5.75 Å². The Morgan fingerprint density at radius 2 is 1.60 bits per heavy atom. The number of methoxy groups -OCH3 is 1. The van der Waals surface area contributed by atoms with Gasteiger partial charge < -0.3 is 29.4 Å². The summed E-state index contributed by atoms with van der Waals surface area (Å²) in [5.41, 5.74) is 0.654. The van der Waals surface area contributed by atoms with Gasteiger partial charge in [-0.25, -0.2) is 4.57 Å². The van der Waals surface area contributed by atoms with Crippen LogP contribution >= 0.6 is 7.82 Å². The molecule has 1 saturated carbocycles. The van der Waals surface area contributed by atoms with Crippen molar-refractivity contribution in [1.82, 2.24) is 4.90 Å². The van der Waals surface area contributed by atoms with Gasteiger partial charge in [-0.15, -0.1) is 0 Å². The van der Waals surface area contributed by atoms with Crippen molar-refractivity contribution >= 4 is 7.82 Å². The summed E-state index contributed by atoms with van der Waals surface area (Å²) < 4.78 is 14.1. The van der Waals surface area contributed by atoms with Gasteiger partial charge in [0.1, 0.15) is 5.75 Å². The maximum Gasteiger partial charge on any atom is 0.466 e. The van der Waals surface area contributed by atoms with Gasteiger partial charge in [0.05, 0.1) is 12.7 Å². The fraction of sp³-hybridized carbons (Fsp3) is 0.647. The summed E-state index contributed by atoms with van der Waals surface area (Å²) in [4.78, 5) is 23.7. The van der Waals surface area contributed by atoms with Crippen LogP contribution < -0.4 is 4.74 Å². The van der Waals surface area contributed by atoms with E-state index in [1.165, 1.54) is 12.0 Å². The van der Waals surface area contributed by atoms with Crippen molar-refractivity contribution in [3.8, 4) is 5.75 Å². The van der Waals surface area contributed by atoms with Crippen LogP contribution in [0.3, 0.4) is 0 Å². The van der Waals surface area contributed by atoms with Crippen LogP contribution in [0.4, 0.5) is 0 Å². The molecule has 25 heavy (non-hydrogen) atoms. The SMILES string of the molecule is COc1ccc(C(CN(C)C)C2(O)CCCCC2)cc1.O=P(O)(O)O. The molecular weight excluding hydrogens is 345 g/mol. The van der Waals surface area contributed by atoms with Gasteiger partial charge in [0, 0.05) is 12.5 Å². The maximum atomic E-state index is 11.1. The van der Waals surface area contributed by atoms with E-state index in [2.05, 4.69) is 31.1 Å². The number of likely N-dealkylation sites (N-methyl/N-ethyl adjacent to an activating group) is 1. The zero-order chi connectivity index (χ0) is 19.1. The Labute approximate surface area is 149 Å². The number of aliphatic hydroxyl groups is 1. The van der Waals surface area contributed by atoms with Crippen LogP contribution in [0, 0.1) is 0 Å². The molecule has 0 saturated heterocycles. The minimum atomic E-state index is -4.64. The largest absolute Gasteiger partial charge is 0.497 e. The molecule has 4 N–H and O–H groups in total. The monoisotopic (exact) mass is 375 g/mol. The number of benzene rings is 1. The first kappa shape index (κ1) is 22.1. The lowest BCUT2D eigenvalue weighted by Gasteiger charge is -2.40. The lowest BCUT2D eigenvalue weighted by molar-refractivity contribution is -0.0277. The first-order valence-electron chi connectivity index (χ1n) is 8.34. The second-order valence-corrected chi connectivity index (χ2v) is 7.79. The van der Waals surface area contributed by atoms with Crippen molar-refractivity contribution in [2.24, 2.45) is 0 Å². The number of nitrogens with zero attached hydrogens (tertiary/aromatic N) is 1. The lowest BCUT2D eigenvalue weighted by Crippen LogP contribution is -2.42. The van der Waals surface area contributed by atoms with Gasteiger partial charge in [-0.2, -0.15) is 0 Å². The number of phosphoric acid groups is 1. The van der Waals surface area contributed by atoms with E-state index in [0.717, 1.165) is 38.0 Å². The Balaban J connectivity index is 0.000000550. The second-order valence-electron chi connectivity index (χ2n) is 6.77. The van der Waals surface area contributed by atoms with E-state index in [0.29, 0.717) is 0 Å². The third-order valence-electron chi connectivity index (χ3n) is 4.43. The van der Waals surface area contributed by atoms with Crippen LogP contribution in [0.25, 0.3) is 0 Å². The maximum absolute atomic E-state index is 11.1. The third kappa shape index (κ3) is 8.31. The van der Waals surface area contributed by atoms with Gasteiger partial charge in [-0.05, 0) is 44.6 Å². The molecule has 0 bridgehead atoms. The molecule has 0 aliphatic heterocycles. The Morgan fingerprint density at radius 3 is 2.00 bits per heavy atom. The molecule has 8 heteroatoms. The molecule has 1 fully saturated rings. The van der Waals surface area contributed by atoms with Crippen molar-refractivity contribution in [1.29, 1.82) is 0 Å². The smallest absolute Gasteiger partial charge is 0.466 e. The summed E-state index contributed by atoms with van der Waals surface area (Å²) in [7, 11) is 1.19. The molecule has 0 heterocycles. The van der Waals surface area contributed by atoms with Crippen molar-refractivity contribution in [2.75, 3.05) is 27.7 Å². The van der Waals surface area contributed by atoms with E-state index < -0.39 is 13.4 Å². The average molecular weight is 375 g/mol. The Hall–Kier alpha value is -0.950. The van der Waals surface area contributed by atoms with Crippen LogP contribution in [0.15, 0.2) is 24.3 Å². The van der Waals surface area contributed by atoms with Gasteiger partial charge in [-0.3, -0.25) is 0 Å². The van der Waals surface area contributed by atoms with Gasteiger partial charge in [0.25, 0.3) is 0 Å². The predicted octanol–water partition coefficient (Wildman–Crippen LogP) is 2.11. The third-order valence-corrected chi connectivity index (χ3v) is 4.43. The van der Waals surface area contributed by atoms with Crippen molar-refractivity contribution in [2.45, 2.75) is 43.6 Å². The Morgan fingerprint density at radius 1 is 1.12 bits per heavy atom. The van der Waals surface area contributed by atoms with Crippen molar-refractivity contribution in [3.63, 3.8) is 0 Å². The van der Waals surface area contributed by atoms with E-state index >= 15 is 0 Å². The molecule has 1 aliphatic rings. The Kier molecular flexibility index (Phi) is 8.54. The van der Waals surface area contributed by atoms with Gasteiger partial charge in [0.15, 0.2) is 0 Å². The molecule has 7 nitrogen and oxygen atoms in total. The molecule has 1 atom stereocenters. The van der Waals surface area contributed by atoms with Crippen LogP contribution in [0.2, 0.25) is 0 Å². The fourth-order valence-corrected chi connectivity index (χ4v) is 3.30. The Bertz CT molecular complexity index is 542. The number of hydrogen-bond donors (Lipinski definition) is 4. The molecule has 0 amide bonds. The molecule has 0 aromatic heterocycles. The summed E-state index contributed by atoms with van der Waals surface area (Å²) >= 11 is 0. The zero-order valence-electron chi connectivity index (χ0n) is 15.1. The van der Waals surface area contributed by atoms with Gasteiger partial charge in [-0.1, -0.05) is 31.4 Å². The molecule has 1 aromatic carbocycles. The highest BCUT2D eigenvalue weighted by atomic mass is 31.2. The van der Waals surface area contributed by atoms with E-state index in [4.69, 9.17) is 24.0 Å². The fourth-order valence-electron chi connectivity index (χ4n) is 3.30.